The highest BCUT2D eigenvalue weighted by Crippen LogP contribution is 2.30. The number of rotatable bonds is 2. The fourth-order valence-electron chi connectivity index (χ4n) is 1.61. The van der Waals surface area contributed by atoms with Crippen molar-refractivity contribution in [1.29, 1.82) is 0 Å². The normalized spacial score (nSPS) is 13.3. The molecule has 0 aliphatic rings. The number of nitrogens with two attached hydrogens (primary N) is 1. The summed E-state index contributed by atoms with van der Waals surface area (Å²) in [6, 6.07) is 5.70. The van der Waals surface area contributed by atoms with Gasteiger partial charge in [-0.15, -0.1) is 0 Å². The molecule has 0 saturated carbocycles. The maximum absolute atomic E-state index is 12.6. The van der Waals surface area contributed by atoms with Gasteiger partial charge in [0.25, 0.3) is 0 Å². The van der Waals surface area contributed by atoms with Gasteiger partial charge < -0.3 is 5.73 Å². The van der Waals surface area contributed by atoms with Crippen LogP contribution in [0, 0.1) is 0 Å². The summed E-state index contributed by atoms with van der Waals surface area (Å²) >= 11 is 0. The van der Waals surface area contributed by atoms with Gasteiger partial charge in [-0.1, -0.05) is 6.07 Å². The van der Waals surface area contributed by atoms with E-state index in [1.807, 2.05) is 0 Å². The van der Waals surface area contributed by atoms with E-state index in [0.29, 0.717) is 16.8 Å². The Morgan fingerprint density at radius 2 is 1.84 bits per heavy atom. The molecule has 100 valence electrons. The quantitative estimate of drug-likeness (QED) is 0.909. The molecule has 6 heteroatoms. The predicted octanol–water partition coefficient (Wildman–Crippen LogP) is 3.18. The molecule has 2 N–H and O–H groups in total. The Hall–Kier alpha value is -1.95. The lowest BCUT2D eigenvalue weighted by atomic mass is 10.1. The van der Waals surface area contributed by atoms with Crippen LogP contribution in [0.25, 0.3) is 11.1 Å². The van der Waals surface area contributed by atoms with E-state index in [4.69, 9.17) is 5.73 Å². The molecule has 0 aliphatic heterocycles. The van der Waals surface area contributed by atoms with Gasteiger partial charge in [-0.25, -0.2) is 0 Å². The zero-order chi connectivity index (χ0) is 14.0. The summed E-state index contributed by atoms with van der Waals surface area (Å²) in [6.07, 6.45) is -1.80. The lowest BCUT2D eigenvalue weighted by molar-refractivity contribution is -0.141. The van der Waals surface area contributed by atoms with Crippen LogP contribution in [0.4, 0.5) is 13.2 Å². The zero-order valence-electron chi connectivity index (χ0n) is 10.1. The van der Waals surface area contributed by atoms with Gasteiger partial charge in [-0.05, 0) is 30.7 Å². The molecule has 0 spiro atoms. The third-order valence-electron chi connectivity index (χ3n) is 2.64. The Morgan fingerprint density at radius 1 is 1.11 bits per heavy atom. The van der Waals surface area contributed by atoms with Crippen LogP contribution in [0.15, 0.2) is 36.7 Å². The molecule has 1 atom stereocenters. The van der Waals surface area contributed by atoms with Gasteiger partial charge in [0, 0.05) is 24.0 Å². The molecule has 0 radical (unpaired) electrons. The average molecular weight is 267 g/mol. The molecule has 0 fully saturated rings. The molecule has 2 heterocycles. The van der Waals surface area contributed by atoms with Crippen LogP contribution in [-0.4, -0.2) is 9.97 Å². The fourth-order valence-corrected chi connectivity index (χ4v) is 1.61. The van der Waals surface area contributed by atoms with Gasteiger partial charge in [0.1, 0.15) is 5.69 Å². The van der Waals surface area contributed by atoms with E-state index in [-0.39, 0.29) is 6.04 Å². The van der Waals surface area contributed by atoms with Gasteiger partial charge >= 0.3 is 6.18 Å². The van der Waals surface area contributed by atoms with Gasteiger partial charge in [-0.3, -0.25) is 9.97 Å². The number of pyridine rings is 2. The molecule has 2 rings (SSSR count). The number of alkyl halides is 3. The van der Waals surface area contributed by atoms with E-state index < -0.39 is 11.9 Å². The number of nitrogens with zero attached hydrogens (tertiary/aromatic N) is 2. The highest BCUT2D eigenvalue weighted by molar-refractivity contribution is 5.62. The van der Waals surface area contributed by atoms with Crippen molar-refractivity contribution < 1.29 is 13.2 Å². The molecule has 0 bridgehead atoms. The van der Waals surface area contributed by atoms with E-state index in [9.17, 15) is 13.2 Å². The van der Waals surface area contributed by atoms with E-state index in [2.05, 4.69) is 9.97 Å². The lowest BCUT2D eigenvalue weighted by Gasteiger charge is -2.09. The van der Waals surface area contributed by atoms with Crippen molar-refractivity contribution in [3.63, 3.8) is 0 Å². The first-order chi connectivity index (χ1) is 8.88. The molecular weight excluding hydrogens is 255 g/mol. The standard InChI is InChI=1S/C13H12F3N3/c1-8(17)11-3-2-10(7-19-11)9-4-5-18-12(6-9)13(14,15)16/h2-8H,17H2,1H3. The summed E-state index contributed by atoms with van der Waals surface area (Å²) in [7, 11) is 0. The topological polar surface area (TPSA) is 51.8 Å². The van der Waals surface area contributed by atoms with Crippen molar-refractivity contribution in [2.75, 3.05) is 0 Å². The Kier molecular flexibility index (Phi) is 3.53. The Labute approximate surface area is 108 Å². The van der Waals surface area contributed by atoms with Crippen LogP contribution in [0.2, 0.25) is 0 Å². The summed E-state index contributed by atoms with van der Waals surface area (Å²) in [6.45, 7) is 1.79. The van der Waals surface area contributed by atoms with E-state index in [0.717, 1.165) is 12.3 Å². The monoisotopic (exact) mass is 267 g/mol. The van der Waals surface area contributed by atoms with Crippen LogP contribution in [-0.2, 0) is 6.18 Å². The molecule has 0 aliphatic carbocycles. The molecule has 3 nitrogen and oxygen atoms in total. The molecule has 1 unspecified atom stereocenters. The third-order valence-corrected chi connectivity index (χ3v) is 2.64. The van der Waals surface area contributed by atoms with Crippen LogP contribution >= 0.6 is 0 Å². The number of halogens is 3. The van der Waals surface area contributed by atoms with Crippen LogP contribution < -0.4 is 5.73 Å². The minimum Gasteiger partial charge on any atom is -0.323 e. The summed E-state index contributed by atoms with van der Waals surface area (Å²) in [5.74, 6) is 0. The summed E-state index contributed by atoms with van der Waals surface area (Å²) in [4.78, 5) is 7.44. The fraction of sp³-hybridized carbons (Fsp3) is 0.231. The lowest BCUT2D eigenvalue weighted by Crippen LogP contribution is -2.08. The van der Waals surface area contributed by atoms with Crippen molar-refractivity contribution in [3.8, 4) is 11.1 Å². The first-order valence-electron chi connectivity index (χ1n) is 5.63. The van der Waals surface area contributed by atoms with Gasteiger partial charge in [-0.2, -0.15) is 13.2 Å². The van der Waals surface area contributed by atoms with E-state index in [1.54, 1.807) is 19.1 Å². The van der Waals surface area contributed by atoms with Crippen molar-refractivity contribution >= 4 is 0 Å². The number of hydrogen-bond acceptors (Lipinski definition) is 3. The molecule has 0 saturated heterocycles. The van der Waals surface area contributed by atoms with Gasteiger partial charge in [0.05, 0.1) is 5.69 Å². The molecule has 2 aromatic rings. The van der Waals surface area contributed by atoms with E-state index in [1.165, 1.54) is 12.3 Å². The Balaban J connectivity index is 2.37. The Bertz CT molecular complexity index is 562. The molecular formula is C13H12F3N3. The number of hydrogen-bond donors (Lipinski definition) is 1. The second-order valence-corrected chi connectivity index (χ2v) is 4.19. The maximum Gasteiger partial charge on any atom is 0.433 e. The van der Waals surface area contributed by atoms with Crippen molar-refractivity contribution in [2.45, 2.75) is 19.1 Å². The summed E-state index contributed by atoms with van der Waals surface area (Å²) in [5, 5.41) is 0. The van der Waals surface area contributed by atoms with Gasteiger partial charge in [0.15, 0.2) is 0 Å². The van der Waals surface area contributed by atoms with Crippen molar-refractivity contribution in [3.05, 3.63) is 48.0 Å². The second kappa shape index (κ2) is 4.97. The highest BCUT2D eigenvalue weighted by atomic mass is 19.4. The molecule has 0 amide bonds. The molecule has 2 aromatic heterocycles. The highest BCUT2D eigenvalue weighted by Gasteiger charge is 2.32. The first-order valence-corrected chi connectivity index (χ1v) is 5.63. The van der Waals surface area contributed by atoms with Crippen LogP contribution in [0.1, 0.15) is 24.4 Å². The van der Waals surface area contributed by atoms with Crippen molar-refractivity contribution in [2.24, 2.45) is 5.73 Å². The summed E-state index contributed by atoms with van der Waals surface area (Å²) in [5.41, 5.74) is 6.45. The smallest absolute Gasteiger partial charge is 0.323 e. The molecule has 19 heavy (non-hydrogen) atoms. The Morgan fingerprint density at radius 3 is 2.37 bits per heavy atom. The zero-order valence-corrected chi connectivity index (χ0v) is 10.1. The molecule has 0 aromatic carbocycles. The van der Waals surface area contributed by atoms with Crippen LogP contribution in [0.5, 0.6) is 0 Å². The minimum atomic E-state index is -4.45. The van der Waals surface area contributed by atoms with E-state index >= 15 is 0 Å². The summed E-state index contributed by atoms with van der Waals surface area (Å²) < 4.78 is 37.7. The first kappa shape index (κ1) is 13.5. The van der Waals surface area contributed by atoms with Gasteiger partial charge in [0.2, 0.25) is 0 Å². The SMILES string of the molecule is CC(N)c1ccc(-c2ccnc(C(F)(F)F)c2)cn1. The van der Waals surface area contributed by atoms with Crippen molar-refractivity contribution in [1.82, 2.24) is 9.97 Å². The maximum atomic E-state index is 12.6. The predicted molar refractivity (Wildman–Crippen MR) is 65.1 cm³/mol. The van der Waals surface area contributed by atoms with Crippen LogP contribution in [0.3, 0.4) is 0 Å². The third kappa shape index (κ3) is 3.08. The largest absolute Gasteiger partial charge is 0.433 e. The second-order valence-electron chi connectivity index (χ2n) is 4.19. The average Bonchev–Trinajstić information content (AvgIpc) is 2.38. The number of aromatic nitrogens is 2. The minimum absolute atomic E-state index is 0.211.